The molecule has 6 nitrogen and oxygen atoms in total. The van der Waals surface area contributed by atoms with Crippen LogP contribution in [0.25, 0.3) is 17.0 Å². The SMILES string of the molecule is Cc1cccc(NC(=O)Cn2cc(/C=C(/C#N)C(=O)N(C)C)c3ccccc32)c1. The lowest BCUT2D eigenvalue weighted by Crippen LogP contribution is -2.22. The van der Waals surface area contributed by atoms with Crippen molar-refractivity contribution in [3.8, 4) is 6.07 Å². The van der Waals surface area contributed by atoms with E-state index in [2.05, 4.69) is 5.32 Å². The van der Waals surface area contributed by atoms with Crippen molar-refractivity contribution in [1.82, 2.24) is 9.47 Å². The Kier molecular flexibility index (Phi) is 5.79. The standard InChI is InChI=1S/C23H22N4O2/c1-16-7-6-8-19(11-16)25-22(28)15-27-14-18(20-9-4-5-10-21(20)27)12-17(13-24)23(29)26(2)3/h4-12,14H,15H2,1-3H3,(H,25,28)/b17-12-. The fourth-order valence-electron chi connectivity index (χ4n) is 3.14. The zero-order valence-electron chi connectivity index (χ0n) is 16.6. The molecule has 1 aromatic heterocycles. The molecule has 0 radical (unpaired) electrons. The maximum absolute atomic E-state index is 12.6. The molecule has 0 aliphatic rings. The van der Waals surface area contributed by atoms with Gasteiger partial charge in [0.1, 0.15) is 18.2 Å². The van der Waals surface area contributed by atoms with Crippen molar-refractivity contribution >= 4 is 34.5 Å². The summed E-state index contributed by atoms with van der Waals surface area (Å²) in [5, 5.41) is 13.2. The first-order valence-corrected chi connectivity index (χ1v) is 9.17. The number of nitrogens with one attached hydrogen (secondary N) is 1. The molecule has 29 heavy (non-hydrogen) atoms. The molecule has 3 rings (SSSR count). The number of hydrogen-bond acceptors (Lipinski definition) is 3. The van der Waals surface area contributed by atoms with Crippen LogP contribution < -0.4 is 5.32 Å². The lowest BCUT2D eigenvalue weighted by molar-refractivity contribution is -0.124. The third-order valence-corrected chi connectivity index (χ3v) is 4.49. The summed E-state index contributed by atoms with van der Waals surface area (Å²) in [4.78, 5) is 26.1. The van der Waals surface area contributed by atoms with Gasteiger partial charge in [-0.15, -0.1) is 0 Å². The van der Waals surface area contributed by atoms with Crippen LogP contribution in [0.5, 0.6) is 0 Å². The van der Waals surface area contributed by atoms with Crippen LogP contribution >= 0.6 is 0 Å². The Bertz CT molecular complexity index is 1150. The first kappa shape index (κ1) is 19.9. The Balaban J connectivity index is 1.93. The topological polar surface area (TPSA) is 78.1 Å². The third kappa shape index (κ3) is 4.53. The lowest BCUT2D eigenvalue weighted by Gasteiger charge is -2.08. The number of benzene rings is 2. The van der Waals surface area contributed by atoms with Gasteiger partial charge in [-0.2, -0.15) is 5.26 Å². The molecule has 0 saturated heterocycles. The summed E-state index contributed by atoms with van der Waals surface area (Å²) in [5.74, 6) is -0.515. The zero-order valence-corrected chi connectivity index (χ0v) is 16.6. The molecule has 0 saturated carbocycles. The summed E-state index contributed by atoms with van der Waals surface area (Å²) in [7, 11) is 3.21. The number of rotatable bonds is 5. The van der Waals surface area contributed by atoms with Gasteiger partial charge in [-0.25, -0.2) is 0 Å². The highest BCUT2D eigenvalue weighted by molar-refractivity contribution is 6.04. The fraction of sp³-hybridized carbons (Fsp3) is 0.174. The van der Waals surface area contributed by atoms with Gasteiger partial charge in [0.15, 0.2) is 0 Å². The second-order valence-electron chi connectivity index (χ2n) is 7.02. The summed E-state index contributed by atoms with van der Waals surface area (Å²) < 4.78 is 1.82. The van der Waals surface area contributed by atoms with E-state index < -0.39 is 0 Å². The maximum atomic E-state index is 12.6. The molecule has 0 bridgehead atoms. The Morgan fingerprint density at radius 2 is 1.93 bits per heavy atom. The molecule has 0 fully saturated rings. The van der Waals surface area contributed by atoms with Crippen LogP contribution in [0.1, 0.15) is 11.1 Å². The number of aromatic nitrogens is 1. The Morgan fingerprint density at radius 3 is 2.62 bits per heavy atom. The van der Waals surface area contributed by atoms with Gasteiger partial charge in [-0.1, -0.05) is 30.3 Å². The molecule has 0 aliphatic carbocycles. The molecular formula is C23H22N4O2. The molecule has 146 valence electrons. The van der Waals surface area contributed by atoms with Crippen LogP contribution in [0.3, 0.4) is 0 Å². The summed E-state index contributed by atoms with van der Waals surface area (Å²) in [5.41, 5.74) is 3.43. The van der Waals surface area contributed by atoms with Crippen LogP contribution in [-0.2, 0) is 16.1 Å². The Labute approximate surface area is 169 Å². The van der Waals surface area contributed by atoms with E-state index >= 15 is 0 Å². The van der Waals surface area contributed by atoms with Gasteiger partial charge in [0, 0.05) is 42.4 Å². The van der Waals surface area contributed by atoms with E-state index in [1.54, 1.807) is 26.4 Å². The van der Waals surface area contributed by atoms with Crippen LogP contribution in [-0.4, -0.2) is 35.4 Å². The van der Waals surface area contributed by atoms with Crippen LogP contribution in [0.2, 0.25) is 0 Å². The van der Waals surface area contributed by atoms with Crippen LogP contribution in [0, 0.1) is 18.3 Å². The number of para-hydroxylation sites is 1. The molecule has 2 aromatic carbocycles. The Morgan fingerprint density at radius 1 is 1.17 bits per heavy atom. The minimum Gasteiger partial charge on any atom is -0.344 e. The van der Waals surface area contributed by atoms with E-state index in [9.17, 15) is 14.9 Å². The van der Waals surface area contributed by atoms with Crippen molar-refractivity contribution in [2.45, 2.75) is 13.5 Å². The predicted octanol–water partition coefficient (Wildman–Crippen LogP) is 3.58. The summed E-state index contributed by atoms with van der Waals surface area (Å²) >= 11 is 0. The minimum atomic E-state index is -0.360. The van der Waals surface area contributed by atoms with Gasteiger partial charge < -0.3 is 14.8 Å². The van der Waals surface area contributed by atoms with Crippen molar-refractivity contribution in [1.29, 1.82) is 5.26 Å². The number of aryl methyl sites for hydroxylation is 1. The van der Waals surface area contributed by atoms with Crippen molar-refractivity contribution in [2.75, 3.05) is 19.4 Å². The van der Waals surface area contributed by atoms with E-state index in [4.69, 9.17) is 0 Å². The highest BCUT2D eigenvalue weighted by Gasteiger charge is 2.15. The number of amides is 2. The molecule has 0 atom stereocenters. The second kappa shape index (κ2) is 8.44. The van der Waals surface area contributed by atoms with Gasteiger partial charge in [0.2, 0.25) is 5.91 Å². The first-order valence-electron chi connectivity index (χ1n) is 9.17. The molecular weight excluding hydrogens is 364 g/mol. The van der Waals surface area contributed by atoms with E-state index in [-0.39, 0.29) is 23.9 Å². The van der Waals surface area contributed by atoms with Gasteiger partial charge >= 0.3 is 0 Å². The number of carbonyl (C=O) groups excluding carboxylic acids is 2. The highest BCUT2D eigenvalue weighted by atomic mass is 16.2. The average Bonchev–Trinajstić information content (AvgIpc) is 3.02. The van der Waals surface area contributed by atoms with Crippen LogP contribution in [0.15, 0.2) is 60.3 Å². The molecule has 0 aliphatic heterocycles. The first-order chi connectivity index (χ1) is 13.9. The second-order valence-corrected chi connectivity index (χ2v) is 7.02. The largest absolute Gasteiger partial charge is 0.344 e. The molecule has 1 N–H and O–H groups in total. The van der Waals surface area contributed by atoms with E-state index in [0.717, 1.165) is 27.7 Å². The quantitative estimate of drug-likeness (QED) is 0.538. The molecule has 2 amide bonds. The summed E-state index contributed by atoms with van der Waals surface area (Å²) in [6.07, 6.45) is 3.36. The number of likely N-dealkylation sites (N-methyl/N-ethyl adjacent to an activating group) is 1. The highest BCUT2D eigenvalue weighted by Crippen LogP contribution is 2.24. The third-order valence-electron chi connectivity index (χ3n) is 4.49. The zero-order chi connectivity index (χ0) is 21.0. The summed E-state index contributed by atoms with van der Waals surface area (Å²) in [6.45, 7) is 2.08. The predicted molar refractivity (Wildman–Crippen MR) is 114 cm³/mol. The molecule has 1 heterocycles. The maximum Gasteiger partial charge on any atom is 0.264 e. The molecule has 0 spiro atoms. The number of carbonyl (C=O) groups is 2. The number of anilines is 1. The molecule has 6 heteroatoms. The van der Waals surface area contributed by atoms with E-state index in [1.807, 2.05) is 66.1 Å². The average molecular weight is 386 g/mol. The monoisotopic (exact) mass is 386 g/mol. The van der Waals surface area contributed by atoms with Gasteiger partial charge in [-0.3, -0.25) is 9.59 Å². The minimum absolute atomic E-state index is 0.0436. The van der Waals surface area contributed by atoms with Gasteiger partial charge in [0.25, 0.3) is 5.91 Å². The van der Waals surface area contributed by atoms with E-state index in [0.29, 0.717) is 0 Å². The van der Waals surface area contributed by atoms with Crippen molar-refractivity contribution < 1.29 is 9.59 Å². The van der Waals surface area contributed by atoms with Crippen molar-refractivity contribution in [3.63, 3.8) is 0 Å². The van der Waals surface area contributed by atoms with E-state index in [1.165, 1.54) is 4.90 Å². The van der Waals surface area contributed by atoms with Gasteiger partial charge in [0.05, 0.1) is 0 Å². The van der Waals surface area contributed by atoms with Crippen molar-refractivity contribution in [2.24, 2.45) is 0 Å². The lowest BCUT2D eigenvalue weighted by atomic mass is 10.1. The molecule has 3 aromatic rings. The number of fused-ring (bicyclic) bond motifs is 1. The Hall–Kier alpha value is -3.85. The van der Waals surface area contributed by atoms with Crippen LogP contribution in [0.4, 0.5) is 5.69 Å². The number of hydrogen-bond donors (Lipinski definition) is 1. The van der Waals surface area contributed by atoms with Gasteiger partial charge in [-0.05, 0) is 36.8 Å². The smallest absolute Gasteiger partial charge is 0.264 e. The van der Waals surface area contributed by atoms with Crippen molar-refractivity contribution in [3.05, 3.63) is 71.4 Å². The summed E-state index contributed by atoms with van der Waals surface area (Å²) in [6, 6.07) is 17.2. The normalized spacial score (nSPS) is 11.2. The molecule has 0 unspecified atom stereocenters. The fourth-order valence-corrected chi connectivity index (χ4v) is 3.14. The number of nitriles is 1. The number of nitrogens with zero attached hydrogens (tertiary/aromatic N) is 3.